The van der Waals surface area contributed by atoms with Crippen LogP contribution >= 0.6 is 0 Å². The van der Waals surface area contributed by atoms with E-state index in [1.165, 1.54) is 0 Å². The van der Waals surface area contributed by atoms with Gasteiger partial charge in [-0.1, -0.05) is 26.7 Å². The Morgan fingerprint density at radius 2 is 1.95 bits per heavy atom. The highest BCUT2D eigenvalue weighted by Crippen LogP contribution is 2.30. The van der Waals surface area contributed by atoms with Gasteiger partial charge in [-0.25, -0.2) is 4.98 Å². The normalized spacial score (nSPS) is 11.2. The fourth-order valence-electron chi connectivity index (χ4n) is 2.56. The Bertz CT molecular complexity index is 426. The number of hydrogen-bond acceptors (Lipinski definition) is 4. The van der Waals surface area contributed by atoms with Gasteiger partial charge < -0.3 is 15.8 Å². The zero-order valence-electron chi connectivity index (χ0n) is 13.3. The van der Waals surface area contributed by atoms with Crippen molar-refractivity contribution in [2.24, 2.45) is 11.1 Å². The third-order valence-corrected chi connectivity index (χ3v) is 3.62. The predicted molar refractivity (Wildman–Crippen MR) is 85.3 cm³/mol. The molecule has 0 bridgehead atoms. The quantitative estimate of drug-likeness (QED) is 0.734. The molecule has 1 amide bonds. The molecular formula is C16H27N3O2. The molecule has 0 saturated carbocycles. The summed E-state index contributed by atoms with van der Waals surface area (Å²) in [5.41, 5.74) is 6.09. The second kappa shape index (κ2) is 8.62. The molecule has 0 saturated heterocycles. The molecule has 5 nitrogen and oxygen atoms in total. The lowest BCUT2D eigenvalue weighted by Crippen LogP contribution is -2.42. The molecule has 0 spiro atoms. The molecule has 0 aliphatic heterocycles. The Labute approximate surface area is 127 Å². The van der Waals surface area contributed by atoms with Gasteiger partial charge in [0, 0.05) is 12.6 Å². The van der Waals surface area contributed by atoms with Crippen molar-refractivity contribution in [3.05, 3.63) is 18.3 Å². The Hall–Kier alpha value is -1.62. The summed E-state index contributed by atoms with van der Waals surface area (Å²) in [7, 11) is 0. The summed E-state index contributed by atoms with van der Waals surface area (Å²) in [4.78, 5) is 16.8. The van der Waals surface area contributed by atoms with Crippen molar-refractivity contribution in [2.75, 3.05) is 18.5 Å². The Balaban J connectivity index is 2.80. The number of pyridine rings is 1. The van der Waals surface area contributed by atoms with Crippen LogP contribution in [0.4, 0.5) is 5.69 Å². The minimum atomic E-state index is -0.484. The summed E-state index contributed by atoms with van der Waals surface area (Å²) >= 11 is 0. The van der Waals surface area contributed by atoms with E-state index in [0.717, 1.165) is 25.7 Å². The first-order valence-corrected chi connectivity index (χ1v) is 7.72. The minimum absolute atomic E-state index is 0.0142. The van der Waals surface area contributed by atoms with Crippen LogP contribution in [-0.4, -0.2) is 24.0 Å². The van der Waals surface area contributed by atoms with Crippen molar-refractivity contribution in [1.82, 2.24) is 4.98 Å². The molecule has 21 heavy (non-hydrogen) atoms. The fourth-order valence-corrected chi connectivity index (χ4v) is 2.56. The smallest absolute Gasteiger partial charge is 0.231 e. The molecule has 1 aromatic heterocycles. The highest BCUT2D eigenvalue weighted by Gasteiger charge is 2.35. The summed E-state index contributed by atoms with van der Waals surface area (Å²) in [5.74, 6) is 0.544. The largest absolute Gasteiger partial charge is 0.478 e. The topological polar surface area (TPSA) is 77.2 Å². The van der Waals surface area contributed by atoms with E-state index in [1.54, 1.807) is 18.3 Å². The van der Waals surface area contributed by atoms with E-state index in [0.29, 0.717) is 24.7 Å². The lowest BCUT2D eigenvalue weighted by molar-refractivity contribution is -0.126. The van der Waals surface area contributed by atoms with Crippen LogP contribution in [0.3, 0.4) is 0 Å². The molecule has 118 valence electrons. The van der Waals surface area contributed by atoms with E-state index in [4.69, 9.17) is 10.5 Å². The Morgan fingerprint density at radius 3 is 2.38 bits per heavy atom. The van der Waals surface area contributed by atoms with Crippen molar-refractivity contribution in [2.45, 2.75) is 46.5 Å². The standard InChI is InChI=1S/C16H27N3O2/c1-4-9-16(12-17,10-5-2)15(20)19-13-7-8-14(18-11-13)21-6-3/h7-8,11H,4-6,9-10,12,17H2,1-3H3,(H,19,20). The summed E-state index contributed by atoms with van der Waals surface area (Å²) in [5, 5.41) is 2.94. The maximum Gasteiger partial charge on any atom is 0.231 e. The average Bonchev–Trinajstić information content (AvgIpc) is 2.49. The van der Waals surface area contributed by atoms with Crippen LogP contribution in [0.5, 0.6) is 5.88 Å². The summed E-state index contributed by atoms with van der Waals surface area (Å²) in [6.45, 7) is 6.99. The van der Waals surface area contributed by atoms with Gasteiger partial charge in [-0.05, 0) is 25.8 Å². The number of anilines is 1. The molecule has 1 heterocycles. The van der Waals surface area contributed by atoms with Crippen LogP contribution in [0.15, 0.2) is 18.3 Å². The van der Waals surface area contributed by atoms with Crippen molar-refractivity contribution in [3.8, 4) is 5.88 Å². The van der Waals surface area contributed by atoms with Crippen LogP contribution in [0.1, 0.15) is 46.5 Å². The number of nitrogens with two attached hydrogens (primary N) is 1. The molecule has 1 aromatic rings. The Morgan fingerprint density at radius 1 is 1.29 bits per heavy atom. The minimum Gasteiger partial charge on any atom is -0.478 e. The number of carbonyl (C=O) groups is 1. The highest BCUT2D eigenvalue weighted by atomic mass is 16.5. The number of hydrogen-bond donors (Lipinski definition) is 2. The first-order valence-electron chi connectivity index (χ1n) is 7.72. The molecule has 0 aliphatic carbocycles. The Kier molecular flexibility index (Phi) is 7.15. The van der Waals surface area contributed by atoms with Gasteiger partial charge in [-0.2, -0.15) is 0 Å². The SMILES string of the molecule is CCCC(CN)(CCC)C(=O)Nc1ccc(OCC)nc1. The van der Waals surface area contributed by atoms with Gasteiger partial charge in [-0.3, -0.25) is 4.79 Å². The molecule has 5 heteroatoms. The van der Waals surface area contributed by atoms with E-state index >= 15 is 0 Å². The number of amides is 1. The van der Waals surface area contributed by atoms with Gasteiger partial charge >= 0.3 is 0 Å². The predicted octanol–water partition coefficient (Wildman–Crippen LogP) is 2.96. The van der Waals surface area contributed by atoms with Gasteiger partial charge in [0.1, 0.15) is 0 Å². The van der Waals surface area contributed by atoms with E-state index in [9.17, 15) is 4.79 Å². The van der Waals surface area contributed by atoms with Gasteiger partial charge in [0.15, 0.2) is 0 Å². The van der Waals surface area contributed by atoms with E-state index in [2.05, 4.69) is 24.1 Å². The van der Waals surface area contributed by atoms with Gasteiger partial charge in [0.25, 0.3) is 0 Å². The number of nitrogens with zero attached hydrogens (tertiary/aromatic N) is 1. The van der Waals surface area contributed by atoms with E-state index < -0.39 is 5.41 Å². The zero-order chi connectivity index (χ0) is 15.7. The average molecular weight is 293 g/mol. The molecule has 3 N–H and O–H groups in total. The van der Waals surface area contributed by atoms with Crippen molar-refractivity contribution in [3.63, 3.8) is 0 Å². The zero-order valence-corrected chi connectivity index (χ0v) is 13.3. The molecule has 0 unspecified atom stereocenters. The van der Waals surface area contributed by atoms with Crippen LogP contribution in [0, 0.1) is 5.41 Å². The molecular weight excluding hydrogens is 266 g/mol. The third-order valence-electron chi connectivity index (χ3n) is 3.62. The summed E-state index contributed by atoms with van der Waals surface area (Å²) < 4.78 is 5.29. The summed E-state index contributed by atoms with van der Waals surface area (Å²) in [6.07, 6.45) is 5.08. The molecule has 0 fully saturated rings. The molecule has 1 rings (SSSR count). The van der Waals surface area contributed by atoms with E-state index in [-0.39, 0.29) is 5.91 Å². The van der Waals surface area contributed by atoms with Crippen molar-refractivity contribution in [1.29, 1.82) is 0 Å². The number of rotatable bonds is 9. The lowest BCUT2D eigenvalue weighted by Gasteiger charge is -2.30. The molecule has 0 aromatic carbocycles. The lowest BCUT2D eigenvalue weighted by atomic mass is 9.78. The second-order valence-corrected chi connectivity index (χ2v) is 5.26. The maximum atomic E-state index is 12.6. The van der Waals surface area contributed by atoms with Crippen LogP contribution in [-0.2, 0) is 4.79 Å². The maximum absolute atomic E-state index is 12.6. The van der Waals surface area contributed by atoms with Crippen molar-refractivity contribution < 1.29 is 9.53 Å². The van der Waals surface area contributed by atoms with Crippen molar-refractivity contribution >= 4 is 11.6 Å². The second-order valence-electron chi connectivity index (χ2n) is 5.26. The number of nitrogens with one attached hydrogen (secondary N) is 1. The fraction of sp³-hybridized carbons (Fsp3) is 0.625. The third kappa shape index (κ3) is 4.70. The monoisotopic (exact) mass is 293 g/mol. The number of aromatic nitrogens is 1. The molecule has 0 radical (unpaired) electrons. The number of carbonyl (C=O) groups excluding carboxylic acids is 1. The van der Waals surface area contributed by atoms with Crippen LogP contribution < -0.4 is 15.8 Å². The van der Waals surface area contributed by atoms with Gasteiger partial charge in [0.05, 0.1) is 23.9 Å². The van der Waals surface area contributed by atoms with Gasteiger partial charge in [0.2, 0.25) is 11.8 Å². The van der Waals surface area contributed by atoms with E-state index in [1.807, 2.05) is 6.92 Å². The molecule has 0 atom stereocenters. The summed E-state index contributed by atoms with van der Waals surface area (Å²) in [6, 6.07) is 3.55. The first kappa shape index (κ1) is 17.4. The number of ether oxygens (including phenoxy) is 1. The highest BCUT2D eigenvalue weighted by molar-refractivity contribution is 5.95. The first-order chi connectivity index (χ1) is 10.1. The van der Waals surface area contributed by atoms with Crippen LogP contribution in [0.2, 0.25) is 0 Å². The molecule has 0 aliphatic rings. The van der Waals surface area contributed by atoms with Gasteiger partial charge in [-0.15, -0.1) is 0 Å². The van der Waals surface area contributed by atoms with Crippen LogP contribution in [0.25, 0.3) is 0 Å².